The zero-order valence-electron chi connectivity index (χ0n) is 13.4. The van der Waals surface area contributed by atoms with Crippen LogP contribution in [0, 0.1) is 23.7 Å². The lowest BCUT2D eigenvalue weighted by Crippen LogP contribution is -2.05. The molecule has 0 radical (unpaired) electrons. The SMILES string of the molecule is O=C(OCC#CC#CCOC(=O)c1cccc(Br)c1)c1cccc(Br)c1. The minimum Gasteiger partial charge on any atom is -0.449 e. The molecule has 0 heterocycles. The Labute approximate surface area is 168 Å². The molecular weight excluding hydrogens is 464 g/mol. The molecule has 0 aliphatic carbocycles. The van der Waals surface area contributed by atoms with Crippen molar-refractivity contribution in [2.24, 2.45) is 0 Å². The summed E-state index contributed by atoms with van der Waals surface area (Å²) in [7, 11) is 0. The van der Waals surface area contributed by atoms with Gasteiger partial charge in [0, 0.05) is 8.95 Å². The van der Waals surface area contributed by atoms with Crippen molar-refractivity contribution in [2.75, 3.05) is 13.2 Å². The van der Waals surface area contributed by atoms with Gasteiger partial charge in [0.2, 0.25) is 0 Å². The molecule has 0 aromatic heterocycles. The Morgan fingerprint density at radius 2 is 1.19 bits per heavy atom. The highest BCUT2D eigenvalue weighted by molar-refractivity contribution is 9.10. The Kier molecular flexibility index (Phi) is 7.95. The third kappa shape index (κ3) is 6.76. The third-order valence-corrected chi connectivity index (χ3v) is 3.90. The zero-order chi connectivity index (χ0) is 18.8. The number of hydrogen-bond donors (Lipinski definition) is 0. The first-order valence-electron chi connectivity index (χ1n) is 7.37. The molecular formula is C20H12Br2O4. The Balaban J connectivity index is 1.72. The highest BCUT2D eigenvalue weighted by Gasteiger charge is 2.06. The highest BCUT2D eigenvalue weighted by Crippen LogP contribution is 2.13. The van der Waals surface area contributed by atoms with Gasteiger partial charge in [-0.3, -0.25) is 0 Å². The largest absolute Gasteiger partial charge is 0.449 e. The number of carbonyl (C=O) groups is 2. The second-order valence-electron chi connectivity index (χ2n) is 4.78. The lowest BCUT2D eigenvalue weighted by molar-refractivity contribution is 0.0547. The van der Waals surface area contributed by atoms with Gasteiger partial charge < -0.3 is 9.47 Å². The average molecular weight is 476 g/mol. The van der Waals surface area contributed by atoms with Gasteiger partial charge in [0.1, 0.15) is 0 Å². The molecule has 0 saturated heterocycles. The van der Waals surface area contributed by atoms with E-state index >= 15 is 0 Å². The maximum absolute atomic E-state index is 11.8. The molecule has 2 rings (SSSR count). The van der Waals surface area contributed by atoms with Crippen LogP contribution in [0.15, 0.2) is 57.5 Å². The quantitative estimate of drug-likeness (QED) is 0.490. The summed E-state index contributed by atoms with van der Waals surface area (Å²) in [6.07, 6.45) is 0. The van der Waals surface area contributed by atoms with Crippen molar-refractivity contribution >= 4 is 43.8 Å². The summed E-state index contributed by atoms with van der Waals surface area (Å²) in [6.45, 7) is -0.143. The number of carbonyl (C=O) groups excluding carboxylic acids is 2. The standard InChI is InChI=1S/C20H12Br2O4/c21-17-9-5-7-15(13-17)19(23)25-11-3-1-2-4-12-26-20(24)16-8-6-10-18(22)14-16/h5-10,13-14H,11-12H2. The summed E-state index contributed by atoms with van der Waals surface area (Å²) in [5.41, 5.74) is 0.874. The van der Waals surface area contributed by atoms with Gasteiger partial charge in [-0.25, -0.2) is 9.59 Å². The molecule has 130 valence electrons. The molecule has 0 unspecified atom stereocenters. The Bertz CT molecular complexity index is 852. The van der Waals surface area contributed by atoms with Gasteiger partial charge in [-0.2, -0.15) is 0 Å². The fourth-order valence-corrected chi connectivity index (χ4v) is 2.56. The van der Waals surface area contributed by atoms with Crippen molar-refractivity contribution in [3.63, 3.8) is 0 Å². The van der Waals surface area contributed by atoms with E-state index in [-0.39, 0.29) is 13.2 Å². The molecule has 2 aromatic rings. The molecule has 0 fully saturated rings. The smallest absolute Gasteiger partial charge is 0.339 e. The van der Waals surface area contributed by atoms with Crippen molar-refractivity contribution in [3.8, 4) is 23.7 Å². The van der Waals surface area contributed by atoms with Gasteiger partial charge >= 0.3 is 11.9 Å². The number of rotatable bonds is 4. The lowest BCUT2D eigenvalue weighted by atomic mass is 10.2. The highest BCUT2D eigenvalue weighted by atomic mass is 79.9. The van der Waals surface area contributed by atoms with E-state index in [1.165, 1.54) is 0 Å². The summed E-state index contributed by atoms with van der Waals surface area (Å²) in [5.74, 6) is 9.34. The zero-order valence-corrected chi connectivity index (χ0v) is 16.6. The molecule has 0 atom stereocenters. The van der Waals surface area contributed by atoms with Crippen LogP contribution in [0.4, 0.5) is 0 Å². The van der Waals surface area contributed by atoms with Crippen LogP contribution in [-0.4, -0.2) is 25.2 Å². The number of halogens is 2. The summed E-state index contributed by atoms with van der Waals surface area (Å²) < 4.78 is 11.6. The predicted molar refractivity (Wildman–Crippen MR) is 104 cm³/mol. The molecule has 0 bridgehead atoms. The van der Waals surface area contributed by atoms with Gasteiger partial charge in [0.15, 0.2) is 13.2 Å². The van der Waals surface area contributed by atoms with Gasteiger partial charge in [0.25, 0.3) is 0 Å². The van der Waals surface area contributed by atoms with Crippen LogP contribution in [0.3, 0.4) is 0 Å². The summed E-state index contributed by atoms with van der Waals surface area (Å²) in [4.78, 5) is 23.5. The molecule has 0 saturated carbocycles. The van der Waals surface area contributed by atoms with E-state index in [4.69, 9.17) is 9.47 Å². The summed E-state index contributed by atoms with van der Waals surface area (Å²) in [5, 5.41) is 0. The van der Waals surface area contributed by atoms with Crippen LogP contribution in [-0.2, 0) is 9.47 Å². The molecule has 6 heteroatoms. The number of hydrogen-bond acceptors (Lipinski definition) is 4. The van der Waals surface area contributed by atoms with Gasteiger partial charge in [0.05, 0.1) is 11.1 Å². The molecule has 0 aliphatic heterocycles. The Hall–Kier alpha value is -2.54. The second-order valence-corrected chi connectivity index (χ2v) is 6.61. The van der Waals surface area contributed by atoms with Crippen LogP contribution in [0.5, 0.6) is 0 Å². The van der Waals surface area contributed by atoms with Crippen LogP contribution < -0.4 is 0 Å². The third-order valence-electron chi connectivity index (χ3n) is 2.91. The van der Waals surface area contributed by atoms with Gasteiger partial charge in [-0.05, 0) is 60.1 Å². The van der Waals surface area contributed by atoms with E-state index in [2.05, 4.69) is 55.5 Å². The molecule has 0 aliphatic rings. The summed E-state index contributed by atoms with van der Waals surface area (Å²) >= 11 is 6.57. The maximum Gasteiger partial charge on any atom is 0.339 e. The monoisotopic (exact) mass is 474 g/mol. The maximum atomic E-state index is 11.8. The fraction of sp³-hybridized carbons (Fsp3) is 0.100. The molecule has 0 N–H and O–H groups in total. The van der Waals surface area contributed by atoms with E-state index in [1.54, 1.807) is 36.4 Å². The van der Waals surface area contributed by atoms with Crippen LogP contribution >= 0.6 is 31.9 Å². The van der Waals surface area contributed by atoms with Crippen molar-refractivity contribution in [2.45, 2.75) is 0 Å². The van der Waals surface area contributed by atoms with E-state index in [0.717, 1.165) is 8.95 Å². The van der Waals surface area contributed by atoms with E-state index in [1.807, 2.05) is 12.1 Å². The van der Waals surface area contributed by atoms with Crippen molar-refractivity contribution in [1.29, 1.82) is 0 Å². The second kappa shape index (κ2) is 10.5. The topological polar surface area (TPSA) is 52.6 Å². The lowest BCUT2D eigenvalue weighted by Gasteiger charge is -2.00. The minimum atomic E-state index is -0.462. The first-order valence-corrected chi connectivity index (χ1v) is 8.96. The molecule has 26 heavy (non-hydrogen) atoms. The van der Waals surface area contributed by atoms with Gasteiger partial charge in [-0.15, -0.1) is 0 Å². The van der Waals surface area contributed by atoms with Crippen molar-refractivity contribution in [1.82, 2.24) is 0 Å². The van der Waals surface area contributed by atoms with E-state index < -0.39 is 11.9 Å². The molecule has 0 spiro atoms. The Morgan fingerprint density at radius 3 is 1.58 bits per heavy atom. The molecule has 2 aromatic carbocycles. The number of esters is 2. The van der Waals surface area contributed by atoms with Gasteiger partial charge in [-0.1, -0.05) is 44.0 Å². The Morgan fingerprint density at radius 1 is 0.769 bits per heavy atom. The number of ether oxygens (including phenoxy) is 2. The van der Waals surface area contributed by atoms with Crippen LogP contribution in [0.25, 0.3) is 0 Å². The predicted octanol–water partition coefficient (Wildman–Crippen LogP) is 4.23. The minimum absolute atomic E-state index is 0.0716. The summed E-state index contributed by atoms with van der Waals surface area (Å²) in [6, 6.07) is 13.7. The van der Waals surface area contributed by atoms with E-state index in [9.17, 15) is 9.59 Å². The first kappa shape index (κ1) is 19.8. The van der Waals surface area contributed by atoms with Crippen LogP contribution in [0.2, 0.25) is 0 Å². The first-order chi connectivity index (χ1) is 12.6. The average Bonchev–Trinajstić information content (AvgIpc) is 2.63. The van der Waals surface area contributed by atoms with Crippen LogP contribution in [0.1, 0.15) is 20.7 Å². The number of benzene rings is 2. The van der Waals surface area contributed by atoms with E-state index in [0.29, 0.717) is 11.1 Å². The fourth-order valence-electron chi connectivity index (χ4n) is 1.76. The van der Waals surface area contributed by atoms with Crippen molar-refractivity contribution in [3.05, 3.63) is 68.6 Å². The molecule has 4 nitrogen and oxygen atoms in total. The molecule has 0 amide bonds. The normalized spacial score (nSPS) is 9.15. The van der Waals surface area contributed by atoms with Crippen molar-refractivity contribution < 1.29 is 19.1 Å².